The molecule has 0 atom stereocenters. The molecule has 88 valence electrons. The Morgan fingerprint density at radius 1 is 1.44 bits per heavy atom. The third-order valence-corrected chi connectivity index (χ3v) is 5.81. The molecule has 0 aliphatic heterocycles. The highest BCUT2D eigenvalue weighted by Crippen LogP contribution is 2.32. The SMILES string of the molecule is O=C(CSC1CCCC1)c1snc(Cl)c1Cl. The molecule has 1 aromatic heterocycles. The van der Waals surface area contributed by atoms with E-state index in [1.165, 1.54) is 25.7 Å². The van der Waals surface area contributed by atoms with Crippen LogP contribution in [0.25, 0.3) is 0 Å². The molecule has 0 bridgehead atoms. The lowest BCUT2D eigenvalue weighted by Gasteiger charge is -2.06. The van der Waals surface area contributed by atoms with Gasteiger partial charge in [0.2, 0.25) is 0 Å². The van der Waals surface area contributed by atoms with Crippen LogP contribution in [-0.2, 0) is 0 Å². The van der Waals surface area contributed by atoms with E-state index in [-0.39, 0.29) is 10.9 Å². The second-order valence-corrected chi connectivity index (χ2v) is 6.56. The molecule has 1 aromatic rings. The second-order valence-electron chi connectivity index (χ2n) is 3.76. The van der Waals surface area contributed by atoms with Gasteiger partial charge in [0.1, 0.15) is 9.90 Å². The van der Waals surface area contributed by atoms with Gasteiger partial charge in [0, 0.05) is 5.25 Å². The van der Waals surface area contributed by atoms with E-state index < -0.39 is 0 Å². The summed E-state index contributed by atoms with van der Waals surface area (Å²) in [5.74, 6) is 0.536. The molecular formula is C10H11Cl2NOS2. The third-order valence-electron chi connectivity index (χ3n) is 2.60. The maximum absolute atomic E-state index is 11.8. The van der Waals surface area contributed by atoms with Crippen LogP contribution in [0.4, 0.5) is 0 Å². The van der Waals surface area contributed by atoms with Crippen LogP contribution in [0.1, 0.15) is 35.4 Å². The minimum absolute atomic E-state index is 0.0475. The fourth-order valence-electron chi connectivity index (χ4n) is 1.75. The van der Waals surface area contributed by atoms with Crippen molar-refractivity contribution in [2.75, 3.05) is 5.75 Å². The van der Waals surface area contributed by atoms with Gasteiger partial charge in [-0.1, -0.05) is 36.0 Å². The van der Waals surface area contributed by atoms with Crippen LogP contribution in [0.15, 0.2) is 0 Å². The number of nitrogens with zero attached hydrogens (tertiary/aromatic N) is 1. The molecule has 1 saturated carbocycles. The molecule has 0 saturated heterocycles. The summed E-state index contributed by atoms with van der Waals surface area (Å²) in [6.07, 6.45) is 5.04. The third kappa shape index (κ3) is 2.92. The summed E-state index contributed by atoms with van der Waals surface area (Å²) >= 11 is 14.4. The average molecular weight is 296 g/mol. The molecule has 0 spiro atoms. The molecule has 1 fully saturated rings. The maximum Gasteiger partial charge on any atom is 0.185 e. The molecule has 0 amide bonds. The molecule has 16 heavy (non-hydrogen) atoms. The number of ketones is 1. The lowest BCUT2D eigenvalue weighted by Crippen LogP contribution is -2.05. The Bertz CT molecular complexity index is 388. The zero-order valence-corrected chi connectivity index (χ0v) is 11.7. The van der Waals surface area contributed by atoms with Gasteiger partial charge in [-0.15, -0.1) is 0 Å². The Kier molecular flexibility index (Phi) is 4.53. The molecule has 1 aliphatic rings. The summed E-state index contributed by atoms with van der Waals surface area (Å²) in [7, 11) is 0. The van der Waals surface area contributed by atoms with Crippen LogP contribution >= 0.6 is 46.5 Å². The van der Waals surface area contributed by atoms with E-state index >= 15 is 0 Å². The Balaban J connectivity index is 1.90. The monoisotopic (exact) mass is 295 g/mol. The van der Waals surface area contributed by atoms with E-state index in [0.29, 0.717) is 20.9 Å². The van der Waals surface area contributed by atoms with Gasteiger partial charge in [-0.3, -0.25) is 4.79 Å². The number of thioether (sulfide) groups is 1. The predicted molar refractivity (Wildman–Crippen MR) is 71.2 cm³/mol. The number of carbonyl (C=O) groups excluding carboxylic acids is 1. The highest BCUT2D eigenvalue weighted by Gasteiger charge is 2.20. The highest BCUT2D eigenvalue weighted by atomic mass is 35.5. The summed E-state index contributed by atoms with van der Waals surface area (Å²) < 4.78 is 3.86. The molecule has 2 rings (SSSR count). The van der Waals surface area contributed by atoms with Gasteiger partial charge < -0.3 is 0 Å². The van der Waals surface area contributed by atoms with Gasteiger partial charge in [0.15, 0.2) is 10.9 Å². The topological polar surface area (TPSA) is 30.0 Å². The minimum atomic E-state index is 0.0475. The molecule has 1 heterocycles. The first-order valence-electron chi connectivity index (χ1n) is 5.14. The van der Waals surface area contributed by atoms with Crippen molar-refractivity contribution in [3.05, 3.63) is 15.1 Å². The number of rotatable bonds is 4. The van der Waals surface area contributed by atoms with Gasteiger partial charge >= 0.3 is 0 Å². The van der Waals surface area contributed by atoms with Crippen molar-refractivity contribution in [2.24, 2.45) is 0 Å². The fraction of sp³-hybridized carbons (Fsp3) is 0.600. The van der Waals surface area contributed by atoms with Crippen LogP contribution in [0, 0.1) is 0 Å². The van der Waals surface area contributed by atoms with Crippen molar-refractivity contribution in [2.45, 2.75) is 30.9 Å². The predicted octanol–water partition coefficient (Wildman–Crippen LogP) is 4.31. The maximum atomic E-state index is 11.8. The quantitative estimate of drug-likeness (QED) is 0.776. The molecule has 1 aliphatic carbocycles. The molecule has 0 N–H and O–H groups in total. The molecule has 2 nitrogen and oxygen atoms in total. The smallest absolute Gasteiger partial charge is 0.185 e. The van der Waals surface area contributed by atoms with Crippen molar-refractivity contribution in [3.8, 4) is 0 Å². The zero-order chi connectivity index (χ0) is 11.5. The molecular weight excluding hydrogens is 285 g/mol. The Morgan fingerprint density at radius 2 is 2.12 bits per heavy atom. The van der Waals surface area contributed by atoms with Gasteiger partial charge in [0.25, 0.3) is 0 Å². The van der Waals surface area contributed by atoms with Crippen molar-refractivity contribution in [1.29, 1.82) is 0 Å². The molecule has 0 aromatic carbocycles. The van der Waals surface area contributed by atoms with Crippen LogP contribution in [0.3, 0.4) is 0 Å². The largest absolute Gasteiger partial charge is 0.292 e. The standard InChI is InChI=1S/C10H11Cl2NOS2/c11-8-9(16-13-10(8)12)7(14)5-15-6-3-1-2-4-6/h6H,1-5H2. The number of carbonyl (C=O) groups is 1. The van der Waals surface area contributed by atoms with Gasteiger partial charge in [-0.2, -0.15) is 16.1 Å². The first-order chi connectivity index (χ1) is 7.68. The van der Waals surface area contributed by atoms with Crippen molar-refractivity contribution in [3.63, 3.8) is 0 Å². The number of aromatic nitrogens is 1. The zero-order valence-electron chi connectivity index (χ0n) is 8.54. The number of hydrogen-bond acceptors (Lipinski definition) is 4. The van der Waals surface area contributed by atoms with Gasteiger partial charge in [0.05, 0.1) is 5.75 Å². The van der Waals surface area contributed by atoms with E-state index in [4.69, 9.17) is 23.2 Å². The first-order valence-corrected chi connectivity index (χ1v) is 7.71. The Hall–Kier alpha value is 0.230. The molecule has 0 radical (unpaired) electrons. The van der Waals surface area contributed by atoms with Gasteiger partial charge in [-0.25, -0.2) is 0 Å². The van der Waals surface area contributed by atoms with Crippen LogP contribution in [0.2, 0.25) is 10.2 Å². The number of halogens is 2. The summed E-state index contributed by atoms with van der Waals surface area (Å²) in [6.45, 7) is 0. The molecule has 0 unspecified atom stereocenters. The lowest BCUT2D eigenvalue weighted by molar-refractivity contribution is 0.102. The Labute approximate surface area is 113 Å². The molecule has 6 heteroatoms. The Morgan fingerprint density at radius 3 is 2.69 bits per heavy atom. The lowest BCUT2D eigenvalue weighted by atomic mass is 10.3. The van der Waals surface area contributed by atoms with Crippen molar-refractivity contribution >= 4 is 52.3 Å². The van der Waals surface area contributed by atoms with Crippen molar-refractivity contribution < 1.29 is 4.79 Å². The van der Waals surface area contributed by atoms with E-state index in [1.807, 2.05) is 0 Å². The summed E-state index contributed by atoms with van der Waals surface area (Å²) in [5.41, 5.74) is 0. The van der Waals surface area contributed by atoms with E-state index in [2.05, 4.69) is 4.37 Å². The normalized spacial score (nSPS) is 16.9. The van der Waals surface area contributed by atoms with E-state index in [9.17, 15) is 4.79 Å². The van der Waals surface area contributed by atoms with E-state index in [1.54, 1.807) is 11.8 Å². The average Bonchev–Trinajstić information content (AvgIpc) is 2.88. The first kappa shape index (κ1) is 12.7. The minimum Gasteiger partial charge on any atom is -0.292 e. The summed E-state index contributed by atoms with van der Waals surface area (Å²) in [6, 6.07) is 0. The van der Waals surface area contributed by atoms with Crippen LogP contribution in [-0.4, -0.2) is 21.2 Å². The number of hydrogen-bond donors (Lipinski definition) is 0. The highest BCUT2D eigenvalue weighted by molar-refractivity contribution is 8.00. The fourth-order valence-corrected chi connectivity index (χ4v) is 4.21. The van der Waals surface area contributed by atoms with Crippen LogP contribution < -0.4 is 0 Å². The van der Waals surface area contributed by atoms with Gasteiger partial charge in [-0.05, 0) is 24.4 Å². The van der Waals surface area contributed by atoms with Crippen molar-refractivity contribution in [1.82, 2.24) is 4.37 Å². The summed E-state index contributed by atoms with van der Waals surface area (Å²) in [5, 5.41) is 1.19. The van der Waals surface area contributed by atoms with E-state index in [0.717, 1.165) is 11.5 Å². The van der Waals surface area contributed by atoms with Crippen LogP contribution in [0.5, 0.6) is 0 Å². The second kappa shape index (κ2) is 5.71. The number of Topliss-reactive ketones (excluding diaryl/α,β-unsaturated/α-hetero) is 1. The summed E-state index contributed by atoms with van der Waals surface area (Å²) in [4.78, 5) is 12.3.